The van der Waals surface area contributed by atoms with Crippen LogP contribution in [-0.2, 0) is 23.8 Å². The summed E-state index contributed by atoms with van der Waals surface area (Å²) in [5, 5.41) is 33.2. The van der Waals surface area contributed by atoms with Crippen LogP contribution >= 0.6 is 0 Å². The first-order chi connectivity index (χ1) is 17.0. The van der Waals surface area contributed by atoms with Crippen LogP contribution in [0.1, 0.15) is 68.2 Å². The number of carbonyl (C=O) groups excluding carboxylic acids is 2. The van der Waals surface area contributed by atoms with Crippen molar-refractivity contribution < 1.29 is 39.1 Å². The SMILES string of the molecule is C/C1=C\[C@](C)(O)[C@@H](C)OC(=O)[C@H](C)[C@@H](O)[C@H](C)[C@@H](O[C@@H]2O[C@H](C)C[C@H](N(C)C)[C@H]2O)[C@@H](C)CC(C)C1=O. The first-order valence-electron chi connectivity index (χ1n) is 13.5. The minimum atomic E-state index is -1.55. The fraction of sp³-hybridized carbons (Fsp3) is 0.857. The molecule has 0 radical (unpaired) electrons. The summed E-state index contributed by atoms with van der Waals surface area (Å²) < 4.78 is 17.9. The molecule has 0 bridgehead atoms. The van der Waals surface area contributed by atoms with Gasteiger partial charge in [-0.05, 0) is 79.1 Å². The zero-order chi connectivity index (χ0) is 28.4. The van der Waals surface area contributed by atoms with Crippen molar-refractivity contribution in [2.24, 2.45) is 23.7 Å². The van der Waals surface area contributed by atoms with Gasteiger partial charge in [0.2, 0.25) is 0 Å². The molecule has 9 heteroatoms. The van der Waals surface area contributed by atoms with E-state index in [9.17, 15) is 24.9 Å². The van der Waals surface area contributed by atoms with Crippen LogP contribution in [0.3, 0.4) is 0 Å². The summed E-state index contributed by atoms with van der Waals surface area (Å²) in [6.07, 6.45) is -2.16. The van der Waals surface area contributed by atoms with Crippen molar-refractivity contribution in [3.8, 4) is 0 Å². The summed E-state index contributed by atoms with van der Waals surface area (Å²) in [6.45, 7) is 13.8. The summed E-state index contributed by atoms with van der Waals surface area (Å²) in [6, 6.07) is -0.167. The van der Waals surface area contributed by atoms with E-state index in [0.717, 1.165) is 0 Å². The Kier molecular flexibility index (Phi) is 10.9. The Balaban J connectivity index is 2.45. The van der Waals surface area contributed by atoms with Gasteiger partial charge in [-0.1, -0.05) is 20.8 Å². The number of aliphatic hydroxyl groups is 3. The molecule has 0 aromatic carbocycles. The number of esters is 1. The molecule has 9 nitrogen and oxygen atoms in total. The number of ether oxygens (including phenoxy) is 3. The number of Topliss-reactive ketones (excluding diaryl/α,β-unsaturated/α-hetero) is 1. The summed E-state index contributed by atoms with van der Waals surface area (Å²) in [5.41, 5.74) is -1.17. The van der Waals surface area contributed by atoms with E-state index in [0.29, 0.717) is 18.4 Å². The molecule has 0 saturated carbocycles. The van der Waals surface area contributed by atoms with Crippen LogP contribution in [0.25, 0.3) is 0 Å². The van der Waals surface area contributed by atoms with Crippen molar-refractivity contribution in [2.75, 3.05) is 14.1 Å². The van der Waals surface area contributed by atoms with E-state index in [1.807, 2.05) is 39.8 Å². The number of nitrogens with zero attached hydrogens (tertiary/aromatic N) is 1. The maximum absolute atomic E-state index is 13.2. The van der Waals surface area contributed by atoms with Crippen LogP contribution in [0, 0.1) is 23.7 Å². The number of ketones is 1. The molecule has 2 aliphatic rings. The number of aliphatic hydroxyl groups excluding tert-OH is 2. The second kappa shape index (κ2) is 12.7. The third kappa shape index (κ3) is 7.61. The van der Waals surface area contributed by atoms with Gasteiger partial charge in [-0.3, -0.25) is 9.59 Å². The number of allylic oxidation sites excluding steroid dienone is 1. The molecular formula is C28H49NO8. The number of carbonyl (C=O) groups is 2. The molecule has 0 aliphatic carbocycles. The Morgan fingerprint density at radius 1 is 1.03 bits per heavy atom. The lowest BCUT2D eigenvalue weighted by atomic mass is 9.79. The second-order valence-corrected chi connectivity index (χ2v) is 11.9. The molecule has 2 rings (SSSR count). The number of likely N-dealkylation sites (N-methyl/N-ethyl adjacent to an activating group) is 1. The highest BCUT2D eigenvalue weighted by atomic mass is 16.7. The molecule has 0 aromatic heterocycles. The molecule has 0 spiro atoms. The first-order valence-corrected chi connectivity index (χ1v) is 13.5. The lowest BCUT2D eigenvalue weighted by molar-refractivity contribution is -0.283. The van der Waals surface area contributed by atoms with Gasteiger partial charge < -0.3 is 34.4 Å². The van der Waals surface area contributed by atoms with E-state index in [1.165, 1.54) is 13.0 Å². The Bertz CT molecular complexity index is 827. The van der Waals surface area contributed by atoms with Crippen LogP contribution in [0.2, 0.25) is 0 Å². The third-order valence-corrected chi connectivity index (χ3v) is 8.26. The van der Waals surface area contributed by atoms with E-state index >= 15 is 0 Å². The fourth-order valence-corrected chi connectivity index (χ4v) is 5.59. The average Bonchev–Trinajstić information content (AvgIpc) is 2.80. The highest BCUT2D eigenvalue weighted by molar-refractivity contribution is 5.96. The van der Waals surface area contributed by atoms with Crippen LogP contribution in [-0.4, -0.2) is 94.5 Å². The van der Waals surface area contributed by atoms with Gasteiger partial charge in [0.1, 0.15) is 17.8 Å². The monoisotopic (exact) mass is 527 g/mol. The van der Waals surface area contributed by atoms with E-state index in [2.05, 4.69) is 0 Å². The molecule has 0 amide bonds. The summed E-state index contributed by atoms with van der Waals surface area (Å²) >= 11 is 0. The Hall–Kier alpha value is -1.36. The lowest BCUT2D eigenvalue weighted by Crippen LogP contribution is -2.56. The third-order valence-electron chi connectivity index (χ3n) is 8.26. The van der Waals surface area contributed by atoms with Crippen LogP contribution in [0.15, 0.2) is 11.6 Å². The maximum Gasteiger partial charge on any atom is 0.311 e. The number of hydrogen-bond donors (Lipinski definition) is 3. The molecule has 2 heterocycles. The summed E-state index contributed by atoms with van der Waals surface area (Å²) in [7, 11) is 3.79. The van der Waals surface area contributed by atoms with Crippen molar-refractivity contribution in [2.45, 2.75) is 117 Å². The molecule has 37 heavy (non-hydrogen) atoms. The molecule has 1 saturated heterocycles. The molecule has 2 aliphatic heterocycles. The Morgan fingerprint density at radius 2 is 1.62 bits per heavy atom. The van der Waals surface area contributed by atoms with Crippen molar-refractivity contribution in [3.05, 3.63) is 11.6 Å². The number of hydrogen-bond acceptors (Lipinski definition) is 9. The van der Waals surface area contributed by atoms with Crippen LogP contribution in [0.5, 0.6) is 0 Å². The largest absolute Gasteiger partial charge is 0.459 e. The van der Waals surface area contributed by atoms with Gasteiger partial charge in [0, 0.05) is 17.9 Å². The zero-order valence-electron chi connectivity index (χ0n) is 24.2. The van der Waals surface area contributed by atoms with Gasteiger partial charge in [0.15, 0.2) is 12.1 Å². The highest BCUT2D eigenvalue weighted by Gasteiger charge is 2.44. The fourth-order valence-electron chi connectivity index (χ4n) is 5.59. The van der Waals surface area contributed by atoms with E-state index in [-0.39, 0.29) is 29.8 Å². The molecule has 0 aromatic rings. The van der Waals surface area contributed by atoms with Crippen molar-refractivity contribution in [1.82, 2.24) is 4.90 Å². The second-order valence-electron chi connectivity index (χ2n) is 11.9. The predicted molar refractivity (Wildman–Crippen MR) is 140 cm³/mol. The summed E-state index contributed by atoms with van der Waals surface area (Å²) in [4.78, 5) is 28.1. The van der Waals surface area contributed by atoms with Gasteiger partial charge in [-0.15, -0.1) is 0 Å². The van der Waals surface area contributed by atoms with Gasteiger partial charge in [0.05, 0.1) is 24.2 Å². The minimum Gasteiger partial charge on any atom is -0.459 e. The summed E-state index contributed by atoms with van der Waals surface area (Å²) in [5.74, 6) is -2.85. The van der Waals surface area contributed by atoms with Gasteiger partial charge in [-0.25, -0.2) is 0 Å². The average molecular weight is 528 g/mol. The topological polar surface area (TPSA) is 126 Å². The smallest absolute Gasteiger partial charge is 0.311 e. The molecule has 1 fully saturated rings. The quantitative estimate of drug-likeness (QED) is 0.474. The van der Waals surface area contributed by atoms with E-state index in [1.54, 1.807) is 27.7 Å². The zero-order valence-corrected chi connectivity index (χ0v) is 24.2. The Labute approximate surface area is 222 Å². The number of cyclic esters (lactones) is 1. The highest BCUT2D eigenvalue weighted by Crippen LogP contribution is 2.34. The van der Waals surface area contributed by atoms with Gasteiger partial charge in [0.25, 0.3) is 0 Å². The van der Waals surface area contributed by atoms with Crippen LogP contribution in [0.4, 0.5) is 0 Å². The minimum absolute atomic E-state index is 0.127. The number of rotatable bonds is 3. The van der Waals surface area contributed by atoms with Crippen molar-refractivity contribution in [1.29, 1.82) is 0 Å². The maximum atomic E-state index is 13.2. The van der Waals surface area contributed by atoms with E-state index < -0.39 is 54.1 Å². The van der Waals surface area contributed by atoms with Gasteiger partial charge in [-0.2, -0.15) is 0 Å². The normalized spacial score (nSPS) is 46.6. The van der Waals surface area contributed by atoms with Crippen molar-refractivity contribution in [3.63, 3.8) is 0 Å². The molecular weight excluding hydrogens is 478 g/mol. The van der Waals surface area contributed by atoms with Crippen LogP contribution < -0.4 is 0 Å². The predicted octanol–water partition coefficient (Wildman–Crippen LogP) is 2.30. The molecule has 1 unspecified atom stereocenters. The molecule has 214 valence electrons. The molecule has 12 atom stereocenters. The molecule has 3 N–H and O–H groups in total. The van der Waals surface area contributed by atoms with Gasteiger partial charge >= 0.3 is 5.97 Å². The lowest BCUT2D eigenvalue weighted by Gasteiger charge is -2.44. The van der Waals surface area contributed by atoms with Crippen molar-refractivity contribution >= 4 is 11.8 Å². The first kappa shape index (κ1) is 31.9. The Morgan fingerprint density at radius 3 is 2.19 bits per heavy atom. The standard InChI is InChI=1S/C28H49NO8/c1-14-11-15(2)25(37-27-24(32)21(29(9)10)12-17(4)35-27)18(5)23(31)19(6)26(33)36-20(7)28(8,34)13-16(3)22(14)30/h13-15,17-21,23-25,27,31-32,34H,11-12H2,1-10H3/b16-13+/t14?,15-,17+,18-,19+,20+,21-,23-,24+,25-,27-,28-/m0/s1. The van der Waals surface area contributed by atoms with E-state index in [4.69, 9.17) is 14.2 Å².